The van der Waals surface area contributed by atoms with Crippen LogP contribution < -0.4 is 10.1 Å². The van der Waals surface area contributed by atoms with Crippen LogP contribution in [0.25, 0.3) is 0 Å². The van der Waals surface area contributed by atoms with Gasteiger partial charge in [0.15, 0.2) is 6.61 Å². The average Bonchev–Trinajstić information content (AvgIpc) is 2.36. The summed E-state index contributed by atoms with van der Waals surface area (Å²) in [6, 6.07) is 9.79. The number of hydrogen-bond donors (Lipinski definition) is 1. The van der Waals surface area contributed by atoms with Crippen LogP contribution in [0.15, 0.2) is 24.3 Å². The Morgan fingerprint density at radius 1 is 1.35 bits per heavy atom. The van der Waals surface area contributed by atoms with Gasteiger partial charge < -0.3 is 4.74 Å². The molecular formula is C14H16N2O. The molecule has 0 heterocycles. The highest BCUT2D eigenvalue weighted by Crippen LogP contribution is 2.17. The van der Waals surface area contributed by atoms with Crippen molar-refractivity contribution < 1.29 is 4.74 Å². The van der Waals surface area contributed by atoms with Gasteiger partial charge in [0.05, 0.1) is 6.04 Å². The van der Waals surface area contributed by atoms with E-state index in [1.807, 2.05) is 37.3 Å². The zero-order valence-corrected chi connectivity index (χ0v) is 10.1. The molecule has 0 bridgehead atoms. The summed E-state index contributed by atoms with van der Waals surface area (Å²) in [5.41, 5.74) is 1.14. The number of nitriles is 1. The van der Waals surface area contributed by atoms with E-state index in [-0.39, 0.29) is 18.7 Å². The fourth-order valence-corrected chi connectivity index (χ4v) is 1.49. The fraction of sp³-hybridized carbons (Fsp3) is 0.357. The van der Waals surface area contributed by atoms with Crippen molar-refractivity contribution in [3.05, 3.63) is 29.8 Å². The second-order valence-electron chi connectivity index (χ2n) is 3.79. The highest BCUT2D eigenvalue weighted by atomic mass is 16.5. The minimum absolute atomic E-state index is 0.0412. The summed E-state index contributed by atoms with van der Waals surface area (Å²) in [5.74, 6) is 3.33. The van der Waals surface area contributed by atoms with Gasteiger partial charge in [0.2, 0.25) is 0 Å². The molecule has 88 valence electrons. The van der Waals surface area contributed by atoms with E-state index >= 15 is 0 Å². The first-order valence-corrected chi connectivity index (χ1v) is 5.49. The van der Waals surface area contributed by atoms with Gasteiger partial charge in [-0.05, 0) is 31.5 Å². The smallest absolute Gasteiger partial charge is 0.174 e. The van der Waals surface area contributed by atoms with Gasteiger partial charge in [-0.2, -0.15) is 5.26 Å². The molecule has 3 nitrogen and oxygen atoms in total. The Morgan fingerprint density at radius 2 is 2.00 bits per heavy atom. The van der Waals surface area contributed by atoms with Gasteiger partial charge in [-0.1, -0.05) is 18.1 Å². The Bertz CT molecular complexity index is 425. The largest absolute Gasteiger partial charge is 0.479 e. The lowest BCUT2D eigenvalue weighted by Crippen LogP contribution is -2.27. The molecule has 0 aliphatic carbocycles. The summed E-state index contributed by atoms with van der Waals surface area (Å²) >= 11 is 0. The number of rotatable bonds is 5. The van der Waals surface area contributed by atoms with Crippen LogP contribution in [-0.2, 0) is 0 Å². The van der Waals surface area contributed by atoms with Crippen LogP contribution in [0.5, 0.6) is 5.75 Å². The predicted molar refractivity (Wildman–Crippen MR) is 67.4 cm³/mol. The lowest BCUT2D eigenvalue weighted by atomic mass is 10.1. The highest BCUT2D eigenvalue weighted by molar-refractivity contribution is 5.29. The van der Waals surface area contributed by atoms with Crippen molar-refractivity contribution in [2.45, 2.75) is 25.9 Å². The molecule has 0 spiro atoms. The minimum Gasteiger partial charge on any atom is -0.479 e. The number of nitrogens with one attached hydrogen (secondary N) is 1. The molecule has 0 saturated carbocycles. The first-order chi connectivity index (χ1) is 8.17. The van der Waals surface area contributed by atoms with Crippen molar-refractivity contribution in [2.24, 2.45) is 0 Å². The summed E-state index contributed by atoms with van der Waals surface area (Å²) in [6.45, 7) is 4.07. The molecule has 0 amide bonds. The Morgan fingerprint density at radius 3 is 2.53 bits per heavy atom. The molecule has 0 saturated heterocycles. The maximum absolute atomic E-state index is 8.39. The number of benzene rings is 1. The Labute approximate surface area is 102 Å². The van der Waals surface area contributed by atoms with Crippen molar-refractivity contribution in [1.29, 1.82) is 5.26 Å². The molecule has 17 heavy (non-hydrogen) atoms. The van der Waals surface area contributed by atoms with E-state index in [9.17, 15) is 0 Å². The van der Waals surface area contributed by atoms with Crippen molar-refractivity contribution in [3.63, 3.8) is 0 Å². The van der Waals surface area contributed by atoms with E-state index in [1.54, 1.807) is 0 Å². The molecule has 0 radical (unpaired) electrons. The van der Waals surface area contributed by atoms with Gasteiger partial charge >= 0.3 is 0 Å². The normalized spacial score (nSPS) is 13.2. The van der Waals surface area contributed by atoms with Crippen LogP contribution in [0.2, 0.25) is 0 Å². The lowest BCUT2D eigenvalue weighted by Gasteiger charge is -2.16. The van der Waals surface area contributed by atoms with Crippen LogP contribution in [0.4, 0.5) is 0 Å². The molecule has 3 heteroatoms. The topological polar surface area (TPSA) is 45.0 Å². The van der Waals surface area contributed by atoms with E-state index in [2.05, 4.69) is 18.2 Å². The van der Waals surface area contributed by atoms with Crippen molar-refractivity contribution in [1.82, 2.24) is 5.32 Å². The van der Waals surface area contributed by atoms with Gasteiger partial charge in [-0.15, -0.1) is 6.42 Å². The van der Waals surface area contributed by atoms with Gasteiger partial charge in [0.25, 0.3) is 0 Å². The molecule has 1 rings (SSSR count). The molecule has 2 atom stereocenters. The summed E-state index contributed by atoms with van der Waals surface area (Å²) in [7, 11) is 0. The summed E-state index contributed by atoms with van der Waals surface area (Å²) in [6.07, 6.45) is 5.31. The Kier molecular flexibility index (Phi) is 5.07. The van der Waals surface area contributed by atoms with E-state index < -0.39 is 0 Å². The molecule has 1 aromatic rings. The summed E-state index contributed by atoms with van der Waals surface area (Å²) < 4.78 is 5.18. The number of ether oxygens (including phenoxy) is 1. The second kappa shape index (κ2) is 6.58. The molecule has 0 aliphatic rings. The standard InChI is InChI=1S/C14H16N2O/c1-4-11(2)16-12(3)13-5-7-14(8-6-13)17-10-9-15/h1,5-8,11-12,16H,10H2,2-3H3. The highest BCUT2D eigenvalue weighted by Gasteiger charge is 2.07. The molecule has 1 aromatic carbocycles. The molecular weight excluding hydrogens is 212 g/mol. The quantitative estimate of drug-likeness (QED) is 0.786. The third-order valence-corrected chi connectivity index (χ3v) is 2.43. The lowest BCUT2D eigenvalue weighted by molar-refractivity contribution is 0.368. The summed E-state index contributed by atoms with van der Waals surface area (Å²) in [5, 5.41) is 11.7. The van der Waals surface area contributed by atoms with Crippen molar-refractivity contribution >= 4 is 0 Å². The van der Waals surface area contributed by atoms with E-state index in [0.717, 1.165) is 5.56 Å². The van der Waals surface area contributed by atoms with Crippen LogP contribution in [0.1, 0.15) is 25.5 Å². The van der Waals surface area contributed by atoms with Crippen LogP contribution in [0.3, 0.4) is 0 Å². The second-order valence-corrected chi connectivity index (χ2v) is 3.79. The van der Waals surface area contributed by atoms with Gasteiger partial charge in [0.1, 0.15) is 11.8 Å². The van der Waals surface area contributed by atoms with E-state index in [4.69, 9.17) is 16.4 Å². The third kappa shape index (κ3) is 4.18. The van der Waals surface area contributed by atoms with Gasteiger partial charge in [-0.3, -0.25) is 5.32 Å². The number of hydrogen-bond acceptors (Lipinski definition) is 3. The molecule has 0 aliphatic heterocycles. The molecule has 1 N–H and O–H groups in total. The summed E-state index contributed by atoms with van der Waals surface area (Å²) in [4.78, 5) is 0. The minimum atomic E-state index is 0.0412. The zero-order valence-electron chi connectivity index (χ0n) is 10.1. The van der Waals surface area contributed by atoms with E-state index in [0.29, 0.717) is 5.75 Å². The van der Waals surface area contributed by atoms with Gasteiger partial charge in [-0.25, -0.2) is 0 Å². The van der Waals surface area contributed by atoms with Crippen LogP contribution >= 0.6 is 0 Å². The molecule has 2 unspecified atom stereocenters. The van der Waals surface area contributed by atoms with Crippen molar-refractivity contribution in [3.8, 4) is 24.2 Å². The molecule has 0 fully saturated rings. The number of terminal acetylenes is 1. The first-order valence-electron chi connectivity index (χ1n) is 5.49. The Balaban J connectivity index is 2.61. The average molecular weight is 228 g/mol. The number of nitrogens with zero attached hydrogens (tertiary/aromatic N) is 1. The fourth-order valence-electron chi connectivity index (χ4n) is 1.49. The SMILES string of the molecule is C#CC(C)NC(C)c1ccc(OCC#N)cc1. The van der Waals surface area contributed by atoms with E-state index in [1.165, 1.54) is 0 Å². The first kappa shape index (κ1) is 13.1. The zero-order chi connectivity index (χ0) is 12.7. The van der Waals surface area contributed by atoms with Crippen LogP contribution in [-0.4, -0.2) is 12.6 Å². The third-order valence-electron chi connectivity index (χ3n) is 2.43. The maximum atomic E-state index is 8.39. The van der Waals surface area contributed by atoms with Crippen molar-refractivity contribution in [2.75, 3.05) is 6.61 Å². The Hall–Kier alpha value is -1.97. The predicted octanol–water partition coefficient (Wildman–Crippen LogP) is 2.26. The van der Waals surface area contributed by atoms with Gasteiger partial charge in [0, 0.05) is 6.04 Å². The molecule has 0 aromatic heterocycles. The maximum Gasteiger partial charge on any atom is 0.174 e. The van der Waals surface area contributed by atoms with Crippen LogP contribution in [0, 0.1) is 23.7 Å². The monoisotopic (exact) mass is 228 g/mol.